The molecule has 0 saturated carbocycles. The van der Waals surface area contributed by atoms with Gasteiger partial charge >= 0.3 is 0 Å². The lowest BCUT2D eigenvalue weighted by atomic mass is 10.2. The smallest absolute Gasteiger partial charge is 0.111 e. The molecule has 2 aromatic rings. The normalized spacial score (nSPS) is 19.5. The van der Waals surface area contributed by atoms with Gasteiger partial charge in [-0.2, -0.15) is 11.8 Å². The van der Waals surface area contributed by atoms with E-state index in [2.05, 4.69) is 41.2 Å². The molecule has 1 aliphatic rings. The van der Waals surface area contributed by atoms with Crippen molar-refractivity contribution in [3.8, 4) is 11.3 Å². The molecule has 19 heavy (non-hydrogen) atoms. The maximum absolute atomic E-state index is 4.80. The molecule has 3 rings (SSSR count). The number of thioether (sulfide) groups is 2. The predicted octanol–water partition coefficient (Wildman–Crippen LogP) is 3.91. The molecule has 2 nitrogen and oxygen atoms in total. The molecule has 2 heterocycles. The fourth-order valence-corrected chi connectivity index (χ4v) is 4.42. The van der Waals surface area contributed by atoms with E-state index in [1.54, 1.807) is 23.1 Å². The SMILES string of the molecule is CSc1ccc(-c2csc(C3CSCCN3)n2)cc1. The first kappa shape index (κ1) is 13.5. The monoisotopic (exact) mass is 308 g/mol. The van der Waals surface area contributed by atoms with Gasteiger partial charge in [0.05, 0.1) is 11.7 Å². The fourth-order valence-electron chi connectivity index (χ4n) is 2.07. The number of nitrogens with one attached hydrogen (secondary N) is 1. The summed E-state index contributed by atoms with van der Waals surface area (Å²) in [6, 6.07) is 9.08. The van der Waals surface area contributed by atoms with Gasteiger partial charge in [-0.1, -0.05) is 12.1 Å². The molecule has 100 valence electrons. The van der Waals surface area contributed by atoms with Crippen molar-refractivity contribution in [2.45, 2.75) is 10.9 Å². The van der Waals surface area contributed by atoms with Crippen LogP contribution in [0.25, 0.3) is 11.3 Å². The van der Waals surface area contributed by atoms with Crippen molar-refractivity contribution in [3.63, 3.8) is 0 Å². The highest BCUT2D eigenvalue weighted by Crippen LogP contribution is 2.29. The summed E-state index contributed by atoms with van der Waals surface area (Å²) in [5.74, 6) is 2.35. The van der Waals surface area contributed by atoms with E-state index < -0.39 is 0 Å². The van der Waals surface area contributed by atoms with E-state index in [0.29, 0.717) is 6.04 Å². The maximum Gasteiger partial charge on any atom is 0.111 e. The van der Waals surface area contributed by atoms with Crippen molar-refractivity contribution in [2.75, 3.05) is 24.3 Å². The maximum atomic E-state index is 4.80. The van der Waals surface area contributed by atoms with Gasteiger partial charge in [0, 0.05) is 33.9 Å². The fraction of sp³-hybridized carbons (Fsp3) is 0.357. The van der Waals surface area contributed by atoms with Crippen LogP contribution in [-0.2, 0) is 0 Å². The van der Waals surface area contributed by atoms with Crippen LogP contribution in [0.3, 0.4) is 0 Å². The molecule has 1 unspecified atom stereocenters. The highest BCUT2D eigenvalue weighted by Gasteiger charge is 2.18. The number of aromatic nitrogens is 1. The highest BCUT2D eigenvalue weighted by atomic mass is 32.2. The molecule has 0 radical (unpaired) electrons. The van der Waals surface area contributed by atoms with Crippen molar-refractivity contribution in [1.82, 2.24) is 10.3 Å². The molecule has 5 heteroatoms. The molecule has 1 aliphatic heterocycles. The number of hydrogen-bond acceptors (Lipinski definition) is 5. The molecule has 1 fully saturated rings. The minimum atomic E-state index is 0.433. The highest BCUT2D eigenvalue weighted by molar-refractivity contribution is 7.99. The lowest BCUT2D eigenvalue weighted by Gasteiger charge is -2.20. The second kappa shape index (κ2) is 6.31. The largest absolute Gasteiger partial charge is 0.306 e. The zero-order valence-corrected chi connectivity index (χ0v) is 13.2. The molecular weight excluding hydrogens is 292 g/mol. The third-order valence-corrected chi connectivity index (χ3v) is 5.89. The summed E-state index contributed by atoms with van der Waals surface area (Å²) in [4.78, 5) is 6.09. The Kier molecular flexibility index (Phi) is 4.48. The van der Waals surface area contributed by atoms with Gasteiger partial charge in [0.2, 0.25) is 0 Å². The Hall–Kier alpha value is -0.490. The average Bonchev–Trinajstić information content (AvgIpc) is 2.98. The number of nitrogens with zero attached hydrogens (tertiary/aromatic N) is 1. The Morgan fingerprint density at radius 3 is 2.84 bits per heavy atom. The molecular formula is C14H16N2S3. The van der Waals surface area contributed by atoms with E-state index in [-0.39, 0.29) is 0 Å². The van der Waals surface area contributed by atoms with Crippen LogP contribution in [-0.4, -0.2) is 29.3 Å². The van der Waals surface area contributed by atoms with Gasteiger partial charge in [-0.15, -0.1) is 23.1 Å². The average molecular weight is 308 g/mol. The van der Waals surface area contributed by atoms with Crippen LogP contribution in [0.5, 0.6) is 0 Å². The van der Waals surface area contributed by atoms with Gasteiger partial charge in [-0.05, 0) is 18.4 Å². The Labute approximate surface area is 126 Å². The predicted molar refractivity (Wildman–Crippen MR) is 87.4 cm³/mol. The van der Waals surface area contributed by atoms with Crippen LogP contribution in [0.2, 0.25) is 0 Å². The van der Waals surface area contributed by atoms with Crippen molar-refractivity contribution >= 4 is 34.9 Å². The van der Waals surface area contributed by atoms with Crippen molar-refractivity contribution in [2.24, 2.45) is 0 Å². The number of rotatable bonds is 3. The van der Waals surface area contributed by atoms with Crippen LogP contribution in [0.1, 0.15) is 11.0 Å². The van der Waals surface area contributed by atoms with E-state index in [9.17, 15) is 0 Å². The Bertz CT molecular complexity index is 530. The van der Waals surface area contributed by atoms with Crippen LogP contribution < -0.4 is 5.32 Å². The quantitative estimate of drug-likeness (QED) is 0.869. The first-order valence-electron chi connectivity index (χ1n) is 6.28. The van der Waals surface area contributed by atoms with Crippen LogP contribution in [0, 0.1) is 0 Å². The van der Waals surface area contributed by atoms with Crippen LogP contribution in [0.15, 0.2) is 34.5 Å². The molecule has 1 atom stereocenters. The molecule has 0 amide bonds. The third kappa shape index (κ3) is 3.16. The molecule has 1 aromatic carbocycles. The molecule has 0 aliphatic carbocycles. The summed E-state index contributed by atoms with van der Waals surface area (Å²) in [5, 5.41) is 6.93. The summed E-state index contributed by atoms with van der Waals surface area (Å²) in [7, 11) is 0. The zero-order valence-electron chi connectivity index (χ0n) is 10.8. The molecule has 0 bridgehead atoms. The summed E-state index contributed by atoms with van der Waals surface area (Å²) in [6.07, 6.45) is 2.10. The van der Waals surface area contributed by atoms with Crippen molar-refractivity contribution in [3.05, 3.63) is 34.7 Å². The van der Waals surface area contributed by atoms with Crippen LogP contribution in [0.4, 0.5) is 0 Å². The molecule has 1 aromatic heterocycles. The minimum Gasteiger partial charge on any atom is -0.306 e. The van der Waals surface area contributed by atoms with Gasteiger partial charge in [0.1, 0.15) is 5.01 Å². The summed E-state index contributed by atoms with van der Waals surface area (Å²) in [6.45, 7) is 1.09. The van der Waals surface area contributed by atoms with Gasteiger partial charge in [-0.25, -0.2) is 4.98 Å². The van der Waals surface area contributed by atoms with Gasteiger partial charge in [0.15, 0.2) is 0 Å². The first-order chi connectivity index (χ1) is 9.36. The number of hydrogen-bond donors (Lipinski definition) is 1. The van der Waals surface area contributed by atoms with E-state index in [0.717, 1.165) is 18.0 Å². The third-order valence-electron chi connectivity index (χ3n) is 3.13. The standard InChI is InChI=1S/C14H16N2S3/c1-17-11-4-2-10(3-5-11)12-9-19-14(16-12)13-8-18-7-6-15-13/h2-5,9,13,15H,6-8H2,1H3. The Morgan fingerprint density at radius 1 is 1.32 bits per heavy atom. The Balaban J connectivity index is 1.79. The van der Waals surface area contributed by atoms with E-state index in [1.165, 1.54) is 21.2 Å². The first-order valence-corrected chi connectivity index (χ1v) is 9.54. The van der Waals surface area contributed by atoms with Crippen LogP contribution >= 0.6 is 34.9 Å². The van der Waals surface area contributed by atoms with Gasteiger partial charge in [-0.3, -0.25) is 0 Å². The molecule has 0 spiro atoms. The lowest BCUT2D eigenvalue weighted by Crippen LogP contribution is -2.30. The van der Waals surface area contributed by atoms with Gasteiger partial charge < -0.3 is 5.32 Å². The summed E-state index contributed by atoms with van der Waals surface area (Å²) < 4.78 is 0. The van der Waals surface area contributed by atoms with Gasteiger partial charge in [0.25, 0.3) is 0 Å². The second-order valence-electron chi connectivity index (χ2n) is 4.38. The van der Waals surface area contributed by atoms with Crippen molar-refractivity contribution < 1.29 is 0 Å². The zero-order chi connectivity index (χ0) is 13.1. The summed E-state index contributed by atoms with van der Waals surface area (Å²) in [5.41, 5.74) is 2.31. The number of benzene rings is 1. The van der Waals surface area contributed by atoms with E-state index in [1.807, 2.05) is 11.8 Å². The lowest BCUT2D eigenvalue weighted by molar-refractivity contribution is 0.592. The Morgan fingerprint density at radius 2 is 2.16 bits per heavy atom. The van der Waals surface area contributed by atoms with E-state index >= 15 is 0 Å². The van der Waals surface area contributed by atoms with Crippen molar-refractivity contribution in [1.29, 1.82) is 0 Å². The molecule has 1 saturated heterocycles. The molecule has 1 N–H and O–H groups in total. The minimum absolute atomic E-state index is 0.433. The number of thiazole rings is 1. The van der Waals surface area contributed by atoms with E-state index in [4.69, 9.17) is 4.98 Å². The topological polar surface area (TPSA) is 24.9 Å². The summed E-state index contributed by atoms with van der Waals surface area (Å²) >= 11 is 5.55. The second-order valence-corrected chi connectivity index (χ2v) is 7.30.